The molecule has 2 aliphatic heterocycles. The Morgan fingerprint density at radius 2 is 1.93 bits per heavy atom. The van der Waals surface area contributed by atoms with Crippen LogP contribution in [-0.2, 0) is 4.74 Å². The number of hydrogen-bond donors (Lipinski definition) is 2. The maximum Gasteiger partial charge on any atom is 0.276 e. The molecule has 8 nitrogen and oxygen atoms in total. The SMILES string of the molecule is CC(C)c1c(C(=O)N2CC3(C[C@@H](O)[C@@H](O)CO3)C2)nnn1-c1ccccc1. The average Bonchev–Trinajstić information content (AvgIpc) is 3.08. The van der Waals surface area contributed by atoms with Crippen molar-refractivity contribution in [1.82, 2.24) is 19.9 Å². The van der Waals surface area contributed by atoms with Crippen molar-refractivity contribution in [2.45, 2.75) is 44.0 Å². The van der Waals surface area contributed by atoms with Gasteiger partial charge in [-0.3, -0.25) is 4.79 Å². The van der Waals surface area contributed by atoms with Gasteiger partial charge in [-0.2, -0.15) is 0 Å². The molecule has 144 valence electrons. The lowest BCUT2D eigenvalue weighted by molar-refractivity contribution is -0.212. The molecule has 8 heteroatoms. The zero-order chi connectivity index (χ0) is 19.2. The molecule has 1 spiro atoms. The summed E-state index contributed by atoms with van der Waals surface area (Å²) in [6, 6.07) is 9.62. The molecule has 3 heterocycles. The van der Waals surface area contributed by atoms with E-state index in [9.17, 15) is 15.0 Å². The summed E-state index contributed by atoms with van der Waals surface area (Å²) in [5.74, 6) is -0.118. The van der Waals surface area contributed by atoms with Gasteiger partial charge in [0.05, 0.1) is 37.2 Å². The lowest BCUT2D eigenvalue weighted by Crippen LogP contribution is -2.69. The third kappa shape index (κ3) is 3.13. The Morgan fingerprint density at radius 1 is 1.22 bits per heavy atom. The molecular weight excluding hydrogens is 348 g/mol. The Balaban J connectivity index is 1.55. The monoisotopic (exact) mass is 372 g/mol. The molecule has 2 aromatic rings. The molecule has 0 radical (unpaired) electrons. The zero-order valence-electron chi connectivity index (χ0n) is 15.4. The first-order chi connectivity index (χ1) is 12.9. The largest absolute Gasteiger partial charge is 0.390 e. The van der Waals surface area contributed by atoms with Gasteiger partial charge >= 0.3 is 0 Å². The number of nitrogens with zero attached hydrogens (tertiary/aromatic N) is 4. The van der Waals surface area contributed by atoms with Gasteiger partial charge in [0.25, 0.3) is 5.91 Å². The lowest BCUT2D eigenvalue weighted by Gasteiger charge is -2.53. The molecule has 2 N–H and O–H groups in total. The summed E-state index contributed by atoms with van der Waals surface area (Å²) in [5, 5.41) is 27.9. The fourth-order valence-electron chi connectivity index (χ4n) is 3.83. The predicted molar refractivity (Wildman–Crippen MR) is 96.7 cm³/mol. The number of para-hydroxylation sites is 1. The lowest BCUT2D eigenvalue weighted by atomic mass is 9.83. The van der Waals surface area contributed by atoms with E-state index < -0.39 is 17.8 Å². The van der Waals surface area contributed by atoms with Crippen LogP contribution in [0.1, 0.15) is 42.4 Å². The summed E-state index contributed by atoms with van der Waals surface area (Å²) < 4.78 is 7.42. The number of carbonyl (C=O) groups excluding carboxylic acids is 1. The fourth-order valence-corrected chi connectivity index (χ4v) is 3.83. The first-order valence-electron chi connectivity index (χ1n) is 9.20. The van der Waals surface area contributed by atoms with Crippen molar-refractivity contribution in [3.8, 4) is 5.69 Å². The number of aliphatic hydroxyl groups excluding tert-OH is 2. The molecule has 27 heavy (non-hydrogen) atoms. The molecule has 0 saturated carbocycles. The highest BCUT2D eigenvalue weighted by Gasteiger charge is 2.51. The summed E-state index contributed by atoms with van der Waals surface area (Å²) >= 11 is 0. The van der Waals surface area contributed by atoms with Crippen molar-refractivity contribution in [2.75, 3.05) is 19.7 Å². The molecule has 2 aliphatic rings. The topological polar surface area (TPSA) is 101 Å². The fraction of sp³-hybridized carbons (Fsp3) is 0.526. The molecule has 0 bridgehead atoms. The smallest absolute Gasteiger partial charge is 0.276 e. The van der Waals surface area contributed by atoms with E-state index in [1.165, 1.54) is 0 Å². The van der Waals surface area contributed by atoms with E-state index >= 15 is 0 Å². The van der Waals surface area contributed by atoms with Gasteiger partial charge in [0, 0.05) is 6.42 Å². The summed E-state index contributed by atoms with van der Waals surface area (Å²) in [4.78, 5) is 14.7. The molecule has 1 amide bonds. The summed E-state index contributed by atoms with van der Waals surface area (Å²) in [5.41, 5.74) is 1.41. The average molecular weight is 372 g/mol. The van der Waals surface area contributed by atoms with Crippen LogP contribution >= 0.6 is 0 Å². The van der Waals surface area contributed by atoms with Crippen LogP contribution in [0.25, 0.3) is 5.69 Å². The van der Waals surface area contributed by atoms with Crippen LogP contribution in [0.15, 0.2) is 30.3 Å². The van der Waals surface area contributed by atoms with Crippen molar-refractivity contribution in [3.63, 3.8) is 0 Å². The standard InChI is InChI=1S/C19H24N4O4/c1-12(2)17-16(20-21-23(17)13-6-4-3-5-7-13)18(26)22-10-19(11-22)8-14(24)15(25)9-27-19/h3-7,12,14-15,24-25H,8-11H2,1-2H3/t14-,15+/m1/s1. The van der Waals surface area contributed by atoms with Gasteiger partial charge in [0.15, 0.2) is 5.69 Å². The van der Waals surface area contributed by atoms with Crippen LogP contribution in [0.4, 0.5) is 0 Å². The van der Waals surface area contributed by atoms with Crippen LogP contribution in [0.3, 0.4) is 0 Å². The van der Waals surface area contributed by atoms with Crippen LogP contribution in [0, 0.1) is 0 Å². The normalized spacial score (nSPS) is 24.3. The second kappa shape index (κ2) is 6.70. The molecule has 0 aliphatic carbocycles. The summed E-state index contributed by atoms with van der Waals surface area (Å²) in [6.07, 6.45) is -1.36. The van der Waals surface area contributed by atoms with Crippen LogP contribution in [-0.4, -0.2) is 73.5 Å². The number of aliphatic hydroxyl groups is 2. The highest BCUT2D eigenvalue weighted by molar-refractivity contribution is 5.94. The summed E-state index contributed by atoms with van der Waals surface area (Å²) in [7, 11) is 0. The van der Waals surface area contributed by atoms with E-state index in [1.54, 1.807) is 9.58 Å². The van der Waals surface area contributed by atoms with Crippen molar-refractivity contribution in [2.24, 2.45) is 0 Å². The third-order valence-electron chi connectivity index (χ3n) is 5.29. The molecular formula is C19H24N4O4. The molecule has 4 rings (SSSR count). The van der Waals surface area contributed by atoms with Crippen LogP contribution in [0.5, 0.6) is 0 Å². The highest BCUT2D eigenvalue weighted by atomic mass is 16.5. The number of amides is 1. The highest BCUT2D eigenvalue weighted by Crippen LogP contribution is 2.35. The Labute approximate surface area is 157 Å². The quantitative estimate of drug-likeness (QED) is 0.824. The van der Waals surface area contributed by atoms with E-state index in [2.05, 4.69) is 10.3 Å². The second-order valence-corrected chi connectivity index (χ2v) is 7.72. The minimum Gasteiger partial charge on any atom is -0.390 e. The number of ether oxygens (including phenoxy) is 1. The minimum absolute atomic E-state index is 0.0669. The zero-order valence-corrected chi connectivity index (χ0v) is 15.4. The Kier molecular flexibility index (Phi) is 4.49. The van der Waals surface area contributed by atoms with Gasteiger partial charge in [-0.05, 0) is 18.1 Å². The minimum atomic E-state index is -0.862. The second-order valence-electron chi connectivity index (χ2n) is 7.72. The van der Waals surface area contributed by atoms with Crippen LogP contribution in [0.2, 0.25) is 0 Å². The Hall–Kier alpha value is -2.29. The number of hydrogen-bond acceptors (Lipinski definition) is 6. The third-order valence-corrected chi connectivity index (χ3v) is 5.29. The number of carbonyl (C=O) groups is 1. The predicted octanol–water partition coefficient (Wildman–Crippen LogP) is 0.727. The van der Waals surface area contributed by atoms with Crippen molar-refractivity contribution in [3.05, 3.63) is 41.7 Å². The van der Waals surface area contributed by atoms with Gasteiger partial charge in [-0.15, -0.1) is 5.10 Å². The van der Waals surface area contributed by atoms with Gasteiger partial charge in [-0.1, -0.05) is 37.3 Å². The molecule has 2 atom stereocenters. The van der Waals surface area contributed by atoms with Gasteiger partial charge < -0.3 is 19.8 Å². The van der Waals surface area contributed by atoms with Gasteiger partial charge in [-0.25, -0.2) is 4.68 Å². The Bertz CT molecular complexity index is 829. The van der Waals surface area contributed by atoms with E-state index in [0.29, 0.717) is 25.2 Å². The van der Waals surface area contributed by atoms with E-state index in [0.717, 1.165) is 11.4 Å². The Morgan fingerprint density at radius 3 is 2.56 bits per heavy atom. The van der Waals surface area contributed by atoms with Gasteiger partial charge in [0.2, 0.25) is 0 Å². The van der Waals surface area contributed by atoms with E-state index in [4.69, 9.17) is 4.74 Å². The maximum absolute atomic E-state index is 13.0. The molecule has 1 aromatic carbocycles. The first-order valence-corrected chi connectivity index (χ1v) is 9.20. The first kappa shape index (κ1) is 18.1. The maximum atomic E-state index is 13.0. The number of aromatic nitrogens is 3. The summed E-state index contributed by atoms with van der Waals surface area (Å²) in [6.45, 7) is 4.87. The molecule has 0 unspecified atom stereocenters. The van der Waals surface area contributed by atoms with Crippen molar-refractivity contribution < 1.29 is 19.7 Å². The number of benzene rings is 1. The van der Waals surface area contributed by atoms with E-state index in [-0.39, 0.29) is 18.4 Å². The molecule has 1 aromatic heterocycles. The molecule has 2 saturated heterocycles. The van der Waals surface area contributed by atoms with Crippen LogP contribution < -0.4 is 0 Å². The molecule has 2 fully saturated rings. The number of rotatable bonds is 3. The van der Waals surface area contributed by atoms with Gasteiger partial charge in [0.1, 0.15) is 11.7 Å². The number of likely N-dealkylation sites (tertiary alicyclic amines) is 1. The van der Waals surface area contributed by atoms with Crippen molar-refractivity contribution in [1.29, 1.82) is 0 Å². The van der Waals surface area contributed by atoms with Crippen molar-refractivity contribution >= 4 is 5.91 Å². The van der Waals surface area contributed by atoms with E-state index in [1.807, 2.05) is 44.2 Å².